The van der Waals surface area contributed by atoms with Crippen LogP contribution < -0.4 is 0 Å². The first-order chi connectivity index (χ1) is 30.6. The van der Waals surface area contributed by atoms with Crippen LogP contribution in [-0.4, -0.2) is 0 Å². The van der Waals surface area contributed by atoms with Gasteiger partial charge in [-0.25, -0.2) is 0 Å². The van der Waals surface area contributed by atoms with Crippen molar-refractivity contribution in [2.45, 2.75) is 13.8 Å². The van der Waals surface area contributed by atoms with Gasteiger partial charge in [0.05, 0.1) is 0 Å². The lowest BCUT2D eigenvalue weighted by Crippen LogP contribution is -1.93. The van der Waals surface area contributed by atoms with Crippen LogP contribution in [-0.2, 0) is 0 Å². The highest BCUT2D eigenvalue weighted by Gasteiger charge is 2.29. The molecule has 0 aromatic heterocycles. The molecule has 0 atom stereocenters. The summed E-state index contributed by atoms with van der Waals surface area (Å²) in [7, 11) is 0. The molecule has 0 aliphatic carbocycles. The molecule has 0 saturated carbocycles. The molecule has 0 saturated heterocycles. The van der Waals surface area contributed by atoms with E-state index in [1.165, 1.54) is 152 Å². The molecule has 0 heterocycles. The van der Waals surface area contributed by atoms with Crippen LogP contribution in [0.25, 0.3) is 141 Å². The molecule has 14 aromatic carbocycles. The van der Waals surface area contributed by atoms with Crippen LogP contribution >= 0.6 is 0 Å². The van der Waals surface area contributed by atoms with Crippen molar-refractivity contribution in [3.8, 4) is 33.4 Å². The van der Waals surface area contributed by atoms with Crippen molar-refractivity contribution in [2.75, 3.05) is 0 Å². The third kappa shape index (κ3) is 4.41. The zero-order valence-corrected chi connectivity index (χ0v) is 34.5. The Hall–Kier alpha value is -7.80. The fraction of sp³-hybridized carbons (Fsp3) is 0.0323. The number of benzene rings is 12. The standard InChI is InChI=1S/C62H38/c1-35-15-11-16-36(2)55(35)40-32-50-43-24-8-5-19-39(43)31-52-57(50)53(33-40)61-58(46-27-12-20-37-17-3-6-22-41(37)46)54-34-51-45-26-10-9-25-44(45)48-29-14-30-49(56(48)51)59(54)60(62(52)61)47-28-13-21-38-18-4-7-23-42(38)47/h3-34H,1-2H3. The van der Waals surface area contributed by atoms with Gasteiger partial charge < -0.3 is 0 Å². The fourth-order valence-electron chi connectivity index (χ4n) is 11.9. The minimum atomic E-state index is 1.25. The van der Waals surface area contributed by atoms with Gasteiger partial charge in [-0.15, -0.1) is 0 Å². The number of fused-ring (bicyclic) bond motifs is 12. The van der Waals surface area contributed by atoms with Crippen molar-refractivity contribution in [3.05, 3.63) is 205 Å². The van der Waals surface area contributed by atoms with Crippen LogP contribution in [0.1, 0.15) is 11.1 Å². The molecule has 0 fully saturated rings. The number of rotatable bonds is 3. The second-order valence-corrected chi connectivity index (χ2v) is 17.5. The lowest BCUT2D eigenvalue weighted by molar-refractivity contribution is 1.38. The molecule has 0 unspecified atom stereocenters. The lowest BCUT2D eigenvalue weighted by atomic mass is 9.82. The quantitative estimate of drug-likeness (QED) is 0.157. The Balaban J connectivity index is 1.36. The summed E-state index contributed by atoms with van der Waals surface area (Å²) < 4.78 is 0. The van der Waals surface area contributed by atoms with Gasteiger partial charge in [0.15, 0.2) is 0 Å². The summed E-state index contributed by atoms with van der Waals surface area (Å²) in [6, 6.07) is 73.7. The number of hydrogen-bond donors (Lipinski definition) is 0. The predicted octanol–water partition coefficient (Wildman–Crippen LogP) is 17.7. The monoisotopic (exact) mass is 782 g/mol. The van der Waals surface area contributed by atoms with E-state index in [9.17, 15) is 0 Å². The normalized spacial score (nSPS) is 12.4. The minimum absolute atomic E-state index is 1.25. The Morgan fingerprint density at radius 3 is 1.39 bits per heavy atom. The number of hydrogen-bond acceptors (Lipinski definition) is 0. The van der Waals surface area contributed by atoms with Gasteiger partial charge in [0.2, 0.25) is 0 Å². The maximum atomic E-state index is 2.57. The van der Waals surface area contributed by atoms with Crippen LogP contribution in [0, 0.1) is 13.8 Å². The highest BCUT2D eigenvalue weighted by molar-refractivity contribution is 6.47. The molecule has 0 aliphatic heterocycles. The Morgan fingerprint density at radius 1 is 0.226 bits per heavy atom. The van der Waals surface area contributed by atoms with Crippen LogP contribution in [0.5, 0.6) is 0 Å². The molecule has 286 valence electrons. The molecule has 0 N–H and O–H groups in total. The molecule has 0 radical (unpaired) electrons. The van der Waals surface area contributed by atoms with Crippen LogP contribution in [0.3, 0.4) is 0 Å². The second-order valence-electron chi connectivity index (χ2n) is 17.5. The Labute approximate surface area is 358 Å². The van der Waals surface area contributed by atoms with Crippen molar-refractivity contribution < 1.29 is 0 Å². The summed E-state index contributed by atoms with van der Waals surface area (Å²) in [5, 5.41) is 26.1. The molecule has 0 amide bonds. The molecule has 14 rings (SSSR count). The minimum Gasteiger partial charge on any atom is -0.0617 e. The Kier molecular flexibility index (Phi) is 6.78. The smallest absolute Gasteiger partial charge is 0.000674 e. The topological polar surface area (TPSA) is 0 Å². The van der Waals surface area contributed by atoms with Crippen molar-refractivity contribution in [3.63, 3.8) is 0 Å². The zero-order chi connectivity index (χ0) is 40.8. The van der Waals surface area contributed by atoms with Crippen molar-refractivity contribution >= 4 is 108 Å². The lowest BCUT2D eigenvalue weighted by Gasteiger charge is -2.21. The highest BCUT2D eigenvalue weighted by atomic mass is 14.3. The predicted molar refractivity (Wildman–Crippen MR) is 270 cm³/mol. The summed E-state index contributed by atoms with van der Waals surface area (Å²) >= 11 is 0. The van der Waals surface area contributed by atoms with Gasteiger partial charge in [-0.05, 0) is 190 Å². The first kappa shape index (κ1) is 34.0. The van der Waals surface area contributed by atoms with Gasteiger partial charge in [-0.3, -0.25) is 0 Å². The molecule has 0 aliphatic rings. The Morgan fingerprint density at radius 2 is 0.677 bits per heavy atom. The van der Waals surface area contributed by atoms with E-state index in [2.05, 4.69) is 208 Å². The van der Waals surface area contributed by atoms with Crippen molar-refractivity contribution in [1.29, 1.82) is 0 Å². The van der Waals surface area contributed by atoms with E-state index in [1.807, 2.05) is 0 Å². The van der Waals surface area contributed by atoms with E-state index >= 15 is 0 Å². The fourth-order valence-corrected chi connectivity index (χ4v) is 11.9. The van der Waals surface area contributed by atoms with Gasteiger partial charge in [0.1, 0.15) is 0 Å². The van der Waals surface area contributed by atoms with Gasteiger partial charge in [0.25, 0.3) is 0 Å². The molecule has 0 bridgehead atoms. The van der Waals surface area contributed by atoms with E-state index in [4.69, 9.17) is 0 Å². The average molecular weight is 783 g/mol. The van der Waals surface area contributed by atoms with Gasteiger partial charge in [-0.1, -0.05) is 170 Å². The van der Waals surface area contributed by atoms with Crippen LogP contribution in [0.4, 0.5) is 0 Å². The zero-order valence-electron chi connectivity index (χ0n) is 34.5. The van der Waals surface area contributed by atoms with Crippen molar-refractivity contribution in [1.82, 2.24) is 0 Å². The summed E-state index contributed by atoms with van der Waals surface area (Å²) in [5.41, 5.74) is 10.3. The second kappa shape index (κ2) is 12.4. The molecular formula is C62H38. The molecule has 0 nitrogen and oxygen atoms in total. The molecule has 62 heavy (non-hydrogen) atoms. The van der Waals surface area contributed by atoms with E-state index in [0.717, 1.165) is 0 Å². The summed E-state index contributed by atoms with van der Waals surface area (Å²) in [4.78, 5) is 0. The van der Waals surface area contributed by atoms with Crippen LogP contribution in [0.15, 0.2) is 194 Å². The maximum absolute atomic E-state index is 2.57. The van der Waals surface area contributed by atoms with E-state index < -0.39 is 0 Å². The van der Waals surface area contributed by atoms with E-state index in [1.54, 1.807) is 0 Å². The first-order valence-corrected chi connectivity index (χ1v) is 21.8. The van der Waals surface area contributed by atoms with Gasteiger partial charge >= 0.3 is 0 Å². The molecule has 0 heteroatoms. The summed E-state index contributed by atoms with van der Waals surface area (Å²) in [6.45, 7) is 4.53. The summed E-state index contributed by atoms with van der Waals surface area (Å²) in [5.74, 6) is 0. The third-order valence-corrected chi connectivity index (χ3v) is 14.3. The SMILES string of the molecule is Cc1cccc(C)c1-c1cc2c3ccccc3cc3c4c(-c5cccc6ccccc56)c5c(cc6c7ccccc7c7cccc5c76)c(-c5cccc6ccccc56)c4c(c1)c23. The van der Waals surface area contributed by atoms with E-state index in [-0.39, 0.29) is 0 Å². The van der Waals surface area contributed by atoms with E-state index in [0.29, 0.717) is 0 Å². The molecular weight excluding hydrogens is 745 g/mol. The van der Waals surface area contributed by atoms with Crippen LogP contribution in [0.2, 0.25) is 0 Å². The van der Waals surface area contributed by atoms with Gasteiger partial charge in [0, 0.05) is 0 Å². The Bertz CT molecular complexity index is 4190. The van der Waals surface area contributed by atoms with Gasteiger partial charge in [-0.2, -0.15) is 0 Å². The average Bonchev–Trinajstić information content (AvgIpc) is 3.81. The molecule has 14 aromatic rings. The first-order valence-electron chi connectivity index (χ1n) is 21.8. The summed E-state index contributed by atoms with van der Waals surface area (Å²) in [6.07, 6.45) is 0. The maximum Gasteiger partial charge on any atom is -0.000674 e. The highest BCUT2D eigenvalue weighted by Crippen LogP contribution is 2.57. The number of aryl methyl sites for hydroxylation is 2. The van der Waals surface area contributed by atoms with Crippen molar-refractivity contribution in [2.24, 2.45) is 0 Å². The largest absolute Gasteiger partial charge is 0.0617 e. The molecule has 0 spiro atoms. The third-order valence-electron chi connectivity index (χ3n) is 14.3.